The Balaban J connectivity index is 1.41. The van der Waals surface area contributed by atoms with E-state index in [4.69, 9.17) is 9.47 Å². The Labute approximate surface area is 153 Å². The van der Waals surface area contributed by atoms with Crippen molar-refractivity contribution in [1.82, 2.24) is 0 Å². The maximum atomic E-state index is 6.05. The minimum atomic E-state index is 0.368. The maximum Gasteiger partial charge on any atom is 0.118 e. The highest BCUT2D eigenvalue weighted by Gasteiger charge is 2.22. The van der Waals surface area contributed by atoms with Crippen LogP contribution in [0.1, 0.15) is 69.8 Å². The topological polar surface area (TPSA) is 18.5 Å². The second kappa shape index (κ2) is 9.43. The van der Waals surface area contributed by atoms with E-state index < -0.39 is 0 Å². The highest BCUT2D eigenvalue weighted by Crippen LogP contribution is 2.37. The van der Waals surface area contributed by atoms with Crippen molar-refractivity contribution in [2.45, 2.75) is 70.3 Å². The molecular formula is C23H34O2. The highest BCUT2D eigenvalue weighted by atomic mass is 16.5. The summed E-state index contributed by atoms with van der Waals surface area (Å²) in [6.45, 7) is 3.24. The lowest BCUT2D eigenvalue weighted by Crippen LogP contribution is -2.24. The van der Waals surface area contributed by atoms with Gasteiger partial charge in [0, 0.05) is 0 Å². The van der Waals surface area contributed by atoms with E-state index in [9.17, 15) is 0 Å². The van der Waals surface area contributed by atoms with Crippen molar-refractivity contribution in [3.8, 4) is 5.75 Å². The van der Waals surface area contributed by atoms with Gasteiger partial charge in [-0.15, -0.1) is 0 Å². The smallest absolute Gasteiger partial charge is 0.118 e. The lowest BCUT2D eigenvalue weighted by atomic mass is 9.78. The van der Waals surface area contributed by atoms with Crippen molar-refractivity contribution in [2.75, 3.05) is 13.7 Å². The Kier molecular flexibility index (Phi) is 6.98. The standard InChI is InChI=1S/C23H34O2/c1-3-4-19-8-14-23(25-17-19)13-7-18-5-9-20(10-6-18)21-11-15-22(24-2)16-12-21/h7,11-13,15-16,18-20,23H,3-6,8-10,14,17H2,1-2H3. The van der Waals surface area contributed by atoms with E-state index in [1.807, 2.05) is 0 Å². The first kappa shape index (κ1) is 18.5. The van der Waals surface area contributed by atoms with E-state index in [0.29, 0.717) is 6.10 Å². The molecule has 0 N–H and O–H groups in total. The largest absolute Gasteiger partial charge is 0.497 e. The Bertz CT molecular complexity index is 518. The molecule has 2 nitrogen and oxygen atoms in total. The van der Waals surface area contributed by atoms with Crippen LogP contribution in [0.2, 0.25) is 0 Å². The molecule has 138 valence electrons. The first-order valence-electron chi connectivity index (χ1n) is 10.2. The Morgan fingerprint density at radius 1 is 1.00 bits per heavy atom. The number of allylic oxidation sites excluding steroid dienone is 1. The summed E-state index contributed by atoms with van der Waals surface area (Å²) in [7, 11) is 1.73. The number of hydrogen-bond acceptors (Lipinski definition) is 2. The summed E-state index contributed by atoms with van der Waals surface area (Å²) in [5.41, 5.74) is 1.47. The van der Waals surface area contributed by atoms with E-state index >= 15 is 0 Å². The predicted molar refractivity (Wildman–Crippen MR) is 104 cm³/mol. The van der Waals surface area contributed by atoms with Gasteiger partial charge in [-0.3, -0.25) is 0 Å². The molecule has 1 aliphatic carbocycles. The average molecular weight is 343 g/mol. The highest BCUT2D eigenvalue weighted by molar-refractivity contribution is 5.29. The summed E-state index contributed by atoms with van der Waals surface area (Å²) in [5, 5.41) is 0. The van der Waals surface area contributed by atoms with Gasteiger partial charge in [0.05, 0.1) is 19.8 Å². The minimum absolute atomic E-state index is 0.368. The maximum absolute atomic E-state index is 6.05. The van der Waals surface area contributed by atoms with Gasteiger partial charge in [0.25, 0.3) is 0 Å². The molecule has 2 fully saturated rings. The minimum Gasteiger partial charge on any atom is -0.497 e. The quantitative estimate of drug-likeness (QED) is 0.580. The molecule has 0 spiro atoms. The lowest BCUT2D eigenvalue weighted by Gasteiger charge is -2.29. The molecule has 2 atom stereocenters. The third kappa shape index (κ3) is 5.34. The molecule has 2 heteroatoms. The van der Waals surface area contributed by atoms with Crippen LogP contribution >= 0.6 is 0 Å². The first-order valence-corrected chi connectivity index (χ1v) is 10.2. The van der Waals surface area contributed by atoms with E-state index in [1.165, 1.54) is 56.9 Å². The molecule has 1 saturated carbocycles. The summed E-state index contributed by atoms with van der Waals surface area (Å²) in [6, 6.07) is 8.66. The molecule has 0 aromatic heterocycles. The van der Waals surface area contributed by atoms with Crippen LogP contribution in [0, 0.1) is 11.8 Å². The third-order valence-corrected chi connectivity index (χ3v) is 6.06. The number of benzene rings is 1. The molecule has 0 amide bonds. The van der Waals surface area contributed by atoms with Crippen LogP contribution < -0.4 is 4.74 Å². The van der Waals surface area contributed by atoms with Gasteiger partial charge in [0.2, 0.25) is 0 Å². The predicted octanol–water partition coefficient (Wildman–Crippen LogP) is 6.12. The second-order valence-corrected chi connectivity index (χ2v) is 7.87. The SMILES string of the molecule is CCCC1CCC(C=CC2CCC(c3ccc(OC)cc3)CC2)OC1. The molecule has 1 saturated heterocycles. The van der Waals surface area contributed by atoms with Crippen molar-refractivity contribution in [1.29, 1.82) is 0 Å². The number of rotatable bonds is 6. The van der Waals surface area contributed by atoms with Crippen LogP contribution in [0.15, 0.2) is 36.4 Å². The molecular weight excluding hydrogens is 308 g/mol. The normalized spacial score (nSPS) is 30.5. The summed E-state index contributed by atoms with van der Waals surface area (Å²) < 4.78 is 11.3. The summed E-state index contributed by atoms with van der Waals surface area (Å²) in [5.74, 6) is 3.21. The van der Waals surface area contributed by atoms with Gasteiger partial charge in [0.15, 0.2) is 0 Å². The fourth-order valence-corrected chi connectivity index (χ4v) is 4.42. The van der Waals surface area contributed by atoms with Gasteiger partial charge < -0.3 is 9.47 Å². The van der Waals surface area contributed by atoms with Crippen molar-refractivity contribution in [3.63, 3.8) is 0 Å². The zero-order valence-electron chi connectivity index (χ0n) is 16.0. The number of methoxy groups -OCH3 is 1. The van der Waals surface area contributed by atoms with Crippen molar-refractivity contribution < 1.29 is 9.47 Å². The zero-order chi connectivity index (χ0) is 17.5. The summed E-state index contributed by atoms with van der Waals surface area (Å²) in [4.78, 5) is 0. The monoisotopic (exact) mass is 342 g/mol. The van der Waals surface area contributed by atoms with Gasteiger partial charge >= 0.3 is 0 Å². The molecule has 0 bridgehead atoms. The van der Waals surface area contributed by atoms with Gasteiger partial charge in [-0.25, -0.2) is 0 Å². The molecule has 1 aliphatic heterocycles. The van der Waals surface area contributed by atoms with E-state index in [1.54, 1.807) is 7.11 Å². The van der Waals surface area contributed by atoms with E-state index in [-0.39, 0.29) is 0 Å². The molecule has 25 heavy (non-hydrogen) atoms. The lowest BCUT2D eigenvalue weighted by molar-refractivity contribution is 0.00806. The molecule has 2 unspecified atom stereocenters. The first-order chi connectivity index (χ1) is 12.3. The van der Waals surface area contributed by atoms with Crippen LogP contribution in [0.3, 0.4) is 0 Å². The number of hydrogen-bond donors (Lipinski definition) is 0. The second-order valence-electron chi connectivity index (χ2n) is 7.87. The van der Waals surface area contributed by atoms with Crippen molar-refractivity contribution in [2.24, 2.45) is 11.8 Å². The Morgan fingerprint density at radius 3 is 2.36 bits per heavy atom. The molecule has 1 heterocycles. The average Bonchev–Trinajstić information content (AvgIpc) is 2.68. The van der Waals surface area contributed by atoms with Crippen LogP contribution in [0.25, 0.3) is 0 Å². The van der Waals surface area contributed by atoms with Crippen molar-refractivity contribution in [3.05, 3.63) is 42.0 Å². The molecule has 0 radical (unpaired) electrons. The third-order valence-electron chi connectivity index (χ3n) is 6.06. The van der Waals surface area contributed by atoms with E-state index in [0.717, 1.165) is 30.1 Å². The summed E-state index contributed by atoms with van der Waals surface area (Å²) >= 11 is 0. The fraction of sp³-hybridized carbons (Fsp3) is 0.652. The van der Waals surface area contributed by atoms with E-state index in [2.05, 4.69) is 43.3 Å². The van der Waals surface area contributed by atoms with Gasteiger partial charge in [-0.05, 0) is 80.4 Å². The van der Waals surface area contributed by atoms with Gasteiger partial charge in [-0.2, -0.15) is 0 Å². The zero-order valence-corrected chi connectivity index (χ0v) is 16.0. The number of ether oxygens (including phenoxy) is 2. The van der Waals surface area contributed by atoms with Crippen LogP contribution in [-0.2, 0) is 4.74 Å². The Hall–Kier alpha value is -1.28. The van der Waals surface area contributed by atoms with Gasteiger partial charge in [0.1, 0.15) is 5.75 Å². The molecule has 1 aromatic rings. The van der Waals surface area contributed by atoms with Crippen molar-refractivity contribution >= 4 is 0 Å². The van der Waals surface area contributed by atoms with Crippen LogP contribution in [0.4, 0.5) is 0 Å². The molecule has 2 aliphatic rings. The fourth-order valence-electron chi connectivity index (χ4n) is 4.42. The van der Waals surface area contributed by atoms with Gasteiger partial charge in [-0.1, -0.05) is 37.6 Å². The summed E-state index contributed by atoms with van der Waals surface area (Å²) in [6.07, 6.45) is 15.5. The van der Waals surface area contributed by atoms with Crippen LogP contribution in [-0.4, -0.2) is 19.8 Å². The van der Waals surface area contributed by atoms with Crippen LogP contribution in [0.5, 0.6) is 5.75 Å². The molecule has 1 aromatic carbocycles. The molecule has 3 rings (SSSR count). The Morgan fingerprint density at radius 2 is 1.76 bits per heavy atom.